The maximum Gasteiger partial charge on any atom is 0.255 e. The maximum atomic E-state index is 12.6. The molecule has 1 aliphatic rings. The molecule has 5 nitrogen and oxygen atoms in total. The Kier molecular flexibility index (Phi) is 6.80. The number of aryl methyl sites for hydroxylation is 1. The molecule has 0 radical (unpaired) electrons. The van der Waals surface area contributed by atoms with Gasteiger partial charge in [-0.1, -0.05) is 25.1 Å². The number of ether oxygens (including phenoxy) is 2. The van der Waals surface area contributed by atoms with Gasteiger partial charge in [-0.05, 0) is 55.0 Å². The molecule has 2 aromatic rings. The van der Waals surface area contributed by atoms with E-state index in [1.165, 1.54) is 29.7 Å². The molecule has 0 aromatic heterocycles. The molecule has 0 saturated heterocycles. The number of carbonyl (C=O) groups excluding carboxylic acids is 1. The molecule has 3 rings (SSSR count). The van der Waals surface area contributed by atoms with Crippen LogP contribution in [0.4, 0.5) is 5.69 Å². The van der Waals surface area contributed by atoms with Crippen LogP contribution in [0.15, 0.2) is 36.4 Å². The summed E-state index contributed by atoms with van der Waals surface area (Å²) in [5, 5.41) is 3.00. The first-order chi connectivity index (χ1) is 13.7. The van der Waals surface area contributed by atoms with Crippen LogP contribution in [0.2, 0.25) is 0 Å². The fourth-order valence-electron chi connectivity index (χ4n) is 3.87. The van der Waals surface area contributed by atoms with Crippen molar-refractivity contribution in [1.29, 1.82) is 0 Å². The van der Waals surface area contributed by atoms with E-state index >= 15 is 0 Å². The topological polar surface area (TPSA) is 50.8 Å². The van der Waals surface area contributed by atoms with E-state index in [0.717, 1.165) is 25.9 Å². The molecule has 1 heterocycles. The summed E-state index contributed by atoms with van der Waals surface area (Å²) < 4.78 is 10.6. The van der Waals surface area contributed by atoms with Gasteiger partial charge >= 0.3 is 0 Å². The van der Waals surface area contributed by atoms with E-state index in [0.29, 0.717) is 23.6 Å². The molecule has 0 aliphatic carbocycles. The Balaban J connectivity index is 1.62. The molecule has 0 saturated carbocycles. The van der Waals surface area contributed by atoms with Gasteiger partial charge in [0.25, 0.3) is 5.91 Å². The minimum atomic E-state index is -0.150. The third-order valence-electron chi connectivity index (χ3n) is 5.20. The summed E-state index contributed by atoms with van der Waals surface area (Å²) in [5.41, 5.74) is 4.55. The molecule has 0 atom stereocenters. The molecular weight excluding hydrogens is 352 g/mol. The minimum Gasteiger partial charge on any atom is -0.493 e. The van der Waals surface area contributed by atoms with Crippen molar-refractivity contribution in [2.75, 3.05) is 38.8 Å². The highest BCUT2D eigenvalue weighted by Gasteiger charge is 2.17. The fraction of sp³-hybridized carbons (Fsp3) is 0.435. The van der Waals surface area contributed by atoms with Gasteiger partial charge in [-0.2, -0.15) is 0 Å². The Labute approximate surface area is 167 Å². The molecule has 0 fully saturated rings. The molecule has 2 aromatic carbocycles. The number of nitrogens with one attached hydrogen (secondary N) is 1. The molecule has 5 heteroatoms. The van der Waals surface area contributed by atoms with E-state index in [9.17, 15) is 4.79 Å². The number of para-hydroxylation sites is 1. The van der Waals surface area contributed by atoms with Crippen LogP contribution in [-0.2, 0) is 12.8 Å². The first-order valence-electron chi connectivity index (χ1n) is 10.0. The molecule has 0 spiro atoms. The van der Waals surface area contributed by atoms with Crippen LogP contribution in [0.1, 0.15) is 41.3 Å². The third kappa shape index (κ3) is 4.41. The second kappa shape index (κ2) is 9.49. The highest BCUT2D eigenvalue weighted by atomic mass is 16.5. The van der Waals surface area contributed by atoms with Crippen molar-refractivity contribution in [2.45, 2.75) is 32.6 Å². The number of rotatable bonds is 8. The van der Waals surface area contributed by atoms with E-state index < -0.39 is 0 Å². The van der Waals surface area contributed by atoms with Crippen molar-refractivity contribution >= 4 is 11.6 Å². The predicted octanol–water partition coefficient (Wildman–Crippen LogP) is 3.84. The number of hydrogen-bond donors (Lipinski definition) is 1. The van der Waals surface area contributed by atoms with Crippen molar-refractivity contribution < 1.29 is 14.3 Å². The monoisotopic (exact) mass is 382 g/mol. The van der Waals surface area contributed by atoms with Crippen molar-refractivity contribution in [1.82, 2.24) is 5.32 Å². The fourth-order valence-corrected chi connectivity index (χ4v) is 3.87. The van der Waals surface area contributed by atoms with E-state index in [4.69, 9.17) is 9.47 Å². The standard InChI is InChI=1S/C23H30N2O3/c1-4-14-25-15-6-7-18-16-17(10-11-20(18)25)12-13-24-23(26)19-8-5-9-21(27-2)22(19)28-3/h5,8-11,16H,4,6-7,12-15H2,1-3H3,(H,24,26). The Bertz CT molecular complexity index is 819. The van der Waals surface area contributed by atoms with E-state index in [1.807, 2.05) is 0 Å². The number of fused-ring (bicyclic) bond motifs is 1. The lowest BCUT2D eigenvalue weighted by atomic mass is 9.98. The number of hydrogen-bond acceptors (Lipinski definition) is 4. The highest BCUT2D eigenvalue weighted by Crippen LogP contribution is 2.31. The molecule has 28 heavy (non-hydrogen) atoms. The second-order valence-corrected chi connectivity index (χ2v) is 7.10. The zero-order valence-corrected chi connectivity index (χ0v) is 17.1. The molecule has 0 bridgehead atoms. The Hall–Kier alpha value is -2.69. The van der Waals surface area contributed by atoms with Crippen molar-refractivity contribution in [2.24, 2.45) is 0 Å². The van der Waals surface area contributed by atoms with Crippen LogP contribution in [0.3, 0.4) is 0 Å². The van der Waals surface area contributed by atoms with Crippen molar-refractivity contribution in [3.8, 4) is 11.5 Å². The molecule has 1 amide bonds. The molecule has 150 valence electrons. The van der Waals surface area contributed by atoms with Gasteiger partial charge in [0.05, 0.1) is 19.8 Å². The number of anilines is 1. The lowest BCUT2D eigenvalue weighted by Gasteiger charge is -2.31. The van der Waals surface area contributed by atoms with Crippen LogP contribution in [0.25, 0.3) is 0 Å². The SMILES string of the molecule is CCCN1CCCc2cc(CCNC(=O)c3cccc(OC)c3OC)ccc21. The Morgan fingerprint density at radius 3 is 2.79 bits per heavy atom. The van der Waals surface area contributed by atoms with Gasteiger partial charge in [0, 0.05) is 25.3 Å². The van der Waals surface area contributed by atoms with Crippen LogP contribution < -0.4 is 19.7 Å². The van der Waals surface area contributed by atoms with Gasteiger partial charge < -0.3 is 19.7 Å². The summed E-state index contributed by atoms with van der Waals surface area (Å²) in [4.78, 5) is 15.1. The zero-order valence-electron chi connectivity index (χ0n) is 17.1. The summed E-state index contributed by atoms with van der Waals surface area (Å²) in [7, 11) is 3.11. The highest BCUT2D eigenvalue weighted by molar-refractivity contribution is 5.97. The molecule has 1 aliphatic heterocycles. The molecule has 0 unspecified atom stereocenters. The average molecular weight is 383 g/mol. The van der Waals surface area contributed by atoms with E-state index in [2.05, 4.69) is 35.3 Å². The minimum absolute atomic E-state index is 0.150. The first kappa shape index (κ1) is 20.1. The zero-order chi connectivity index (χ0) is 19.9. The Morgan fingerprint density at radius 1 is 1.18 bits per heavy atom. The van der Waals surface area contributed by atoms with E-state index in [1.54, 1.807) is 32.4 Å². The van der Waals surface area contributed by atoms with Crippen LogP contribution >= 0.6 is 0 Å². The van der Waals surface area contributed by atoms with Gasteiger partial charge in [0.2, 0.25) is 0 Å². The van der Waals surface area contributed by atoms with Crippen LogP contribution in [0.5, 0.6) is 11.5 Å². The van der Waals surface area contributed by atoms with Gasteiger partial charge in [0.15, 0.2) is 11.5 Å². The van der Waals surface area contributed by atoms with Crippen molar-refractivity contribution in [3.05, 3.63) is 53.1 Å². The lowest BCUT2D eigenvalue weighted by molar-refractivity contribution is 0.0950. The average Bonchev–Trinajstić information content (AvgIpc) is 2.73. The predicted molar refractivity (Wildman–Crippen MR) is 113 cm³/mol. The van der Waals surface area contributed by atoms with Crippen molar-refractivity contribution in [3.63, 3.8) is 0 Å². The summed E-state index contributed by atoms with van der Waals surface area (Å²) in [6, 6.07) is 12.1. The van der Waals surface area contributed by atoms with E-state index in [-0.39, 0.29) is 5.91 Å². The van der Waals surface area contributed by atoms with Gasteiger partial charge in [-0.3, -0.25) is 4.79 Å². The third-order valence-corrected chi connectivity index (χ3v) is 5.20. The largest absolute Gasteiger partial charge is 0.493 e. The number of benzene rings is 2. The van der Waals surface area contributed by atoms with Gasteiger partial charge in [0.1, 0.15) is 0 Å². The summed E-state index contributed by atoms with van der Waals surface area (Å²) in [5.74, 6) is 0.872. The normalized spacial score (nSPS) is 13.0. The summed E-state index contributed by atoms with van der Waals surface area (Å²) in [6.07, 6.45) is 4.32. The maximum absolute atomic E-state index is 12.6. The summed E-state index contributed by atoms with van der Waals surface area (Å²) >= 11 is 0. The Morgan fingerprint density at radius 2 is 2.04 bits per heavy atom. The second-order valence-electron chi connectivity index (χ2n) is 7.10. The number of methoxy groups -OCH3 is 2. The van der Waals surface area contributed by atoms with Crippen LogP contribution in [-0.4, -0.2) is 39.8 Å². The quantitative estimate of drug-likeness (QED) is 0.754. The summed E-state index contributed by atoms with van der Waals surface area (Å²) in [6.45, 7) is 5.07. The number of amides is 1. The number of carbonyl (C=O) groups is 1. The van der Waals surface area contributed by atoms with Gasteiger partial charge in [-0.15, -0.1) is 0 Å². The van der Waals surface area contributed by atoms with Gasteiger partial charge in [-0.25, -0.2) is 0 Å². The lowest BCUT2D eigenvalue weighted by Crippen LogP contribution is -2.30. The van der Waals surface area contributed by atoms with Crippen LogP contribution in [0, 0.1) is 0 Å². The molecule has 1 N–H and O–H groups in total. The molecular formula is C23H30N2O3. The smallest absolute Gasteiger partial charge is 0.255 e. The number of nitrogens with zero attached hydrogens (tertiary/aromatic N) is 1. The first-order valence-corrected chi connectivity index (χ1v) is 10.0.